The van der Waals surface area contributed by atoms with E-state index < -0.39 is 11.0 Å². The largest absolute Gasteiger partial charge is 0.384 e. The van der Waals surface area contributed by atoms with Crippen LogP contribution in [-0.4, -0.2) is 13.9 Å². The summed E-state index contributed by atoms with van der Waals surface area (Å²) in [4.78, 5) is 4.02. The third kappa shape index (κ3) is 3.76. The van der Waals surface area contributed by atoms with E-state index in [0.717, 1.165) is 18.4 Å². The Morgan fingerprint density at radius 1 is 1.32 bits per heavy atom. The molecule has 0 aliphatic rings. The van der Waals surface area contributed by atoms with Crippen LogP contribution >= 0.6 is 0 Å². The van der Waals surface area contributed by atoms with Gasteiger partial charge in [0.15, 0.2) is 0 Å². The number of anilines is 1. The second-order valence-corrected chi connectivity index (χ2v) is 7.71. The van der Waals surface area contributed by atoms with Crippen LogP contribution in [0.1, 0.15) is 53.0 Å². The molecule has 0 fully saturated rings. The van der Waals surface area contributed by atoms with Gasteiger partial charge in [-0.3, -0.25) is 0 Å². The summed E-state index contributed by atoms with van der Waals surface area (Å²) in [7, 11) is -1.12. The molecule has 1 rings (SSSR count). The van der Waals surface area contributed by atoms with Gasteiger partial charge in [-0.25, -0.2) is 13.9 Å². The monoisotopic (exact) mass is 283 g/mol. The van der Waals surface area contributed by atoms with Crippen LogP contribution in [0.3, 0.4) is 0 Å². The zero-order chi connectivity index (χ0) is 14.7. The van der Waals surface area contributed by atoms with Gasteiger partial charge in [0, 0.05) is 6.20 Å². The van der Waals surface area contributed by atoms with Gasteiger partial charge in [0.2, 0.25) is 0 Å². The van der Waals surface area contributed by atoms with Gasteiger partial charge in [-0.05, 0) is 51.3 Å². The Kier molecular flexibility index (Phi) is 5.10. The molecule has 0 spiro atoms. The topological polar surface area (TPSA) is 68.0 Å². The van der Waals surface area contributed by atoms with Gasteiger partial charge in [0.1, 0.15) is 5.82 Å². The second kappa shape index (κ2) is 6.01. The molecule has 19 heavy (non-hydrogen) atoms. The minimum Gasteiger partial charge on any atom is -0.384 e. The summed E-state index contributed by atoms with van der Waals surface area (Å²) in [5.74, 6) is 0.493. The Balaban J connectivity index is 3.14. The van der Waals surface area contributed by atoms with Gasteiger partial charge in [-0.1, -0.05) is 13.8 Å². The molecule has 5 heteroatoms. The normalized spacial score (nSPS) is 14.4. The van der Waals surface area contributed by atoms with Crippen molar-refractivity contribution < 1.29 is 4.21 Å². The lowest BCUT2D eigenvalue weighted by molar-refractivity contribution is 0.370. The number of aromatic nitrogens is 1. The number of nitrogens with two attached hydrogens (primary N) is 1. The van der Waals surface area contributed by atoms with Gasteiger partial charge in [-0.2, -0.15) is 0 Å². The molecule has 108 valence electrons. The first-order valence-electron chi connectivity index (χ1n) is 6.67. The van der Waals surface area contributed by atoms with E-state index in [-0.39, 0.29) is 10.3 Å². The quantitative estimate of drug-likeness (QED) is 0.873. The molecule has 1 heterocycles. The van der Waals surface area contributed by atoms with E-state index in [1.165, 1.54) is 0 Å². The maximum Gasteiger partial charge on any atom is 0.123 e. The van der Waals surface area contributed by atoms with Crippen molar-refractivity contribution in [3.8, 4) is 0 Å². The van der Waals surface area contributed by atoms with Gasteiger partial charge < -0.3 is 5.73 Å². The van der Waals surface area contributed by atoms with Crippen molar-refractivity contribution in [1.82, 2.24) is 9.71 Å². The summed E-state index contributed by atoms with van der Waals surface area (Å²) in [6.07, 6.45) is 3.38. The van der Waals surface area contributed by atoms with Crippen LogP contribution in [0, 0.1) is 0 Å². The molecule has 0 aliphatic heterocycles. The van der Waals surface area contributed by atoms with E-state index in [4.69, 9.17) is 5.73 Å². The van der Waals surface area contributed by atoms with Crippen LogP contribution in [0.5, 0.6) is 0 Å². The van der Waals surface area contributed by atoms with E-state index in [1.54, 1.807) is 6.20 Å². The smallest absolute Gasteiger partial charge is 0.123 e. The minimum atomic E-state index is -1.12. The molecule has 0 radical (unpaired) electrons. The SMILES string of the molecule is CCC(CC)(NS(=O)C(C)(C)C)c1ccnc(N)c1. The molecular formula is C14H25N3OS. The Hall–Kier alpha value is -0.940. The van der Waals surface area contributed by atoms with Gasteiger partial charge in [0.25, 0.3) is 0 Å². The predicted molar refractivity (Wildman–Crippen MR) is 81.9 cm³/mol. The fourth-order valence-corrected chi connectivity index (χ4v) is 3.01. The Morgan fingerprint density at radius 2 is 1.89 bits per heavy atom. The average molecular weight is 283 g/mol. The van der Waals surface area contributed by atoms with Crippen molar-refractivity contribution in [2.24, 2.45) is 0 Å². The summed E-state index contributed by atoms with van der Waals surface area (Å²) < 4.78 is 15.4. The third-order valence-electron chi connectivity index (χ3n) is 3.39. The van der Waals surface area contributed by atoms with Crippen LogP contribution in [0.4, 0.5) is 5.82 Å². The van der Waals surface area contributed by atoms with Crippen LogP contribution in [0.2, 0.25) is 0 Å². The van der Waals surface area contributed by atoms with E-state index in [1.807, 2.05) is 32.9 Å². The Bertz CT molecular complexity index is 450. The van der Waals surface area contributed by atoms with Crippen LogP contribution in [0.15, 0.2) is 18.3 Å². The summed E-state index contributed by atoms with van der Waals surface area (Å²) in [6.45, 7) is 10.1. The molecule has 0 aliphatic carbocycles. The minimum absolute atomic E-state index is 0.297. The highest BCUT2D eigenvalue weighted by molar-refractivity contribution is 7.84. The van der Waals surface area contributed by atoms with Crippen molar-refractivity contribution in [2.75, 3.05) is 5.73 Å². The summed E-state index contributed by atoms with van der Waals surface area (Å²) in [6, 6.07) is 3.80. The van der Waals surface area contributed by atoms with Crippen LogP contribution in [-0.2, 0) is 16.5 Å². The summed E-state index contributed by atoms with van der Waals surface area (Å²) in [5.41, 5.74) is 6.49. The number of nitrogen functional groups attached to an aromatic ring is 1. The van der Waals surface area contributed by atoms with Crippen molar-refractivity contribution in [3.63, 3.8) is 0 Å². The number of pyridine rings is 1. The van der Waals surface area contributed by atoms with E-state index in [9.17, 15) is 4.21 Å². The number of nitrogens with one attached hydrogen (secondary N) is 1. The molecule has 0 saturated carbocycles. The van der Waals surface area contributed by atoms with Gasteiger partial charge in [0.05, 0.1) is 21.3 Å². The molecule has 0 saturated heterocycles. The fraction of sp³-hybridized carbons (Fsp3) is 0.643. The fourth-order valence-electron chi connectivity index (χ4n) is 1.94. The van der Waals surface area contributed by atoms with Crippen molar-refractivity contribution >= 4 is 16.8 Å². The molecular weight excluding hydrogens is 258 g/mol. The number of nitrogens with zero attached hydrogens (tertiary/aromatic N) is 1. The van der Waals surface area contributed by atoms with E-state index in [0.29, 0.717) is 5.82 Å². The number of rotatable bonds is 5. The molecule has 1 unspecified atom stereocenters. The third-order valence-corrected chi connectivity index (χ3v) is 5.07. The standard InChI is InChI=1S/C14H25N3OS/c1-6-14(7-2,17-19(18)13(3,4)5)11-8-9-16-12(15)10-11/h8-10,17H,6-7H2,1-5H3,(H2,15,16). The maximum absolute atomic E-state index is 12.4. The molecule has 1 aromatic rings. The molecule has 3 N–H and O–H groups in total. The number of hydrogen-bond acceptors (Lipinski definition) is 3. The molecule has 1 aromatic heterocycles. The zero-order valence-electron chi connectivity index (χ0n) is 12.5. The lowest BCUT2D eigenvalue weighted by atomic mass is 9.86. The first-order chi connectivity index (χ1) is 8.75. The highest BCUT2D eigenvalue weighted by Crippen LogP contribution is 2.31. The lowest BCUT2D eigenvalue weighted by Crippen LogP contribution is -2.47. The highest BCUT2D eigenvalue weighted by Gasteiger charge is 2.33. The number of hydrogen-bond donors (Lipinski definition) is 2. The van der Waals surface area contributed by atoms with Gasteiger partial charge >= 0.3 is 0 Å². The molecule has 0 bridgehead atoms. The van der Waals surface area contributed by atoms with Crippen molar-refractivity contribution in [2.45, 2.75) is 57.7 Å². The van der Waals surface area contributed by atoms with E-state index >= 15 is 0 Å². The van der Waals surface area contributed by atoms with Gasteiger partial charge in [-0.15, -0.1) is 0 Å². The van der Waals surface area contributed by atoms with Crippen LogP contribution < -0.4 is 10.5 Å². The first kappa shape index (κ1) is 16.1. The lowest BCUT2D eigenvalue weighted by Gasteiger charge is -2.35. The zero-order valence-corrected chi connectivity index (χ0v) is 13.3. The molecule has 0 amide bonds. The summed E-state index contributed by atoms with van der Waals surface area (Å²) in [5, 5.41) is 0. The maximum atomic E-state index is 12.4. The average Bonchev–Trinajstić information content (AvgIpc) is 2.34. The predicted octanol–water partition coefficient (Wildman–Crippen LogP) is 2.73. The highest BCUT2D eigenvalue weighted by atomic mass is 32.2. The van der Waals surface area contributed by atoms with E-state index in [2.05, 4.69) is 23.6 Å². The Morgan fingerprint density at radius 3 is 2.32 bits per heavy atom. The summed E-state index contributed by atoms with van der Waals surface area (Å²) >= 11 is 0. The van der Waals surface area contributed by atoms with Crippen molar-refractivity contribution in [1.29, 1.82) is 0 Å². The Labute approximate surface area is 118 Å². The molecule has 4 nitrogen and oxygen atoms in total. The first-order valence-corrected chi connectivity index (χ1v) is 7.82. The molecule has 1 atom stereocenters. The van der Waals surface area contributed by atoms with Crippen molar-refractivity contribution in [3.05, 3.63) is 23.9 Å². The molecule has 0 aromatic carbocycles. The second-order valence-electron chi connectivity index (χ2n) is 5.74. The van der Waals surface area contributed by atoms with Crippen LogP contribution in [0.25, 0.3) is 0 Å².